The molecule has 1 unspecified atom stereocenters. The molecule has 0 saturated carbocycles. The van der Waals surface area contributed by atoms with Gasteiger partial charge in [0.1, 0.15) is 5.82 Å². The first-order valence-electron chi connectivity index (χ1n) is 6.48. The Morgan fingerprint density at radius 3 is 2.94 bits per heavy atom. The Hall–Kier alpha value is -1.09. The van der Waals surface area contributed by atoms with E-state index in [1.807, 2.05) is 6.07 Å². The van der Waals surface area contributed by atoms with Crippen LogP contribution in [0, 0.1) is 5.82 Å². The highest BCUT2D eigenvalue weighted by atomic mass is 19.1. The SMILES string of the molecule is CCNCc1cc(F)ccc1N1CCCC1C. The van der Waals surface area contributed by atoms with Gasteiger partial charge in [-0.3, -0.25) is 0 Å². The van der Waals surface area contributed by atoms with Crippen molar-refractivity contribution in [3.8, 4) is 0 Å². The standard InChI is InChI=1S/C14H21FN2/c1-3-16-10-12-9-13(15)6-7-14(12)17-8-4-5-11(17)2/h6-7,9,11,16H,3-5,8,10H2,1-2H3. The van der Waals surface area contributed by atoms with Gasteiger partial charge >= 0.3 is 0 Å². The first kappa shape index (κ1) is 12.4. The van der Waals surface area contributed by atoms with E-state index in [1.54, 1.807) is 12.1 Å². The number of anilines is 1. The molecule has 0 spiro atoms. The van der Waals surface area contributed by atoms with Crippen molar-refractivity contribution in [2.45, 2.75) is 39.3 Å². The molecule has 1 N–H and O–H groups in total. The first-order chi connectivity index (χ1) is 8.22. The van der Waals surface area contributed by atoms with Crippen molar-refractivity contribution in [3.05, 3.63) is 29.6 Å². The third kappa shape index (κ3) is 2.78. The second-order valence-electron chi connectivity index (χ2n) is 4.74. The molecule has 1 aromatic carbocycles. The molecule has 2 nitrogen and oxygen atoms in total. The summed E-state index contributed by atoms with van der Waals surface area (Å²) in [7, 11) is 0. The molecule has 2 rings (SSSR count). The van der Waals surface area contributed by atoms with Crippen molar-refractivity contribution in [1.82, 2.24) is 5.32 Å². The van der Waals surface area contributed by atoms with Gasteiger partial charge in [0.2, 0.25) is 0 Å². The molecule has 94 valence electrons. The number of nitrogens with zero attached hydrogens (tertiary/aromatic N) is 1. The second kappa shape index (κ2) is 5.50. The van der Waals surface area contributed by atoms with Crippen LogP contribution in [0.3, 0.4) is 0 Å². The summed E-state index contributed by atoms with van der Waals surface area (Å²) in [5.74, 6) is -0.145. The monoisotopic (exact) mass is 236 g/mol. The van der Waals surface area contributed by atoms with Gasteiger partial charge in [-0.15, -0.1) is 0 Å². The highest BCUT2D eigenvalue weighted by molar-refractivity contribution is 5.55. The summed E-state index contributed by atoms with van der Waals surface area (Å²) in [6.07, 6.45) is 2.47. The third-order valence-corrected chi connectivity index (χ3v) is 3.47. The van der Waals surface area contributed by atoms with Crippen molar-refractivity contribution in [2.24, 2.45) is 0 Å². The van der Waals surface area contributed by atoms with Gasteiger partial charge in [0, 0.05) is 24.8 Å². The van der Waals surface area contributed by atoms with Crippen LogP contribution in [0.15, 0.2) is 18.2 Å². The maximum atomic E-state index is 13.3. The summed E-state index contributed by atoms with van der Waals surface area (Å²) in [6.45, 7) is 7.05. The summed E-state index contributed by atoms with van der Waals surface area (Å²) in [6, 6.07) is 5.71. The van der Waals surface area contributed by atoms with Gasteiger partial charge in [-0.1, -0.05) is 6.92 Å². The van der Waals surface area contributed by atoms with Crippen LogP contribution in [0.25, 0.3) is 0 Å². The van der Waals surface area contributed by atoms with Gasteiger partial charge in [-0.2, -0.15) is 0 Å². The largest absolute Gasteiger partial charge is 0.369 e. The zero-order valence-electron chi connectivity index (χ0n) is 10.7. The Bertz CT molecular complexity index is 378. The number of nitrogens with one attached hydrogen (secondary N) is 1. The molecule has 0 amide bonds. The average Bonchev–Trinajstić information content (AvgIpc) is 2.73. The number of halogens is 1. The molecule has 0 radical (unpaired) electrons. The van der Waals surface area contributed by atoms with Crippen LogP contribution in [0.1, 0.15) is 32.3 Å². The predicted octanol–water partition coefficient (Wildman–Crippen LogP) is 2.92. The van der Waals surface area contributed by atoms with E-state index < -0.39 is 0 Å². The van der Waals surface area contributed by atoms with E-state index >= 15 is 0 Å². The van der Waals surface area contributed by atoms with Crippen molar-refractivity contribution < 1.29 is 4.39 Å². The molecule has 17 heavy (non-hydrogen) atoms. The van der Waals surface area contributed by atoms with Crippen molar-refractivity contribution in [2.75, 3.05) is 18.0 Å². The lowest BCUT2D eigenvalue weighted by molar-refractivity contribution is 0.620. The van der Waals surface area contributed by atoms with Crippen molar-refractivity contribution in [3.63, 3.8) is 0 Å². The summed E-state index contributed by atoms with van der Waals surface area (Å²) in [4.78, 5) is 2.39. The van der Waals surface area contributed by atoms with Crippen LogP contribution in [0.5, 0.6) is 0 Å². The van der Waals surface area contributed by atoms with Gasteiger partial charge < -0.3 is 10.2 Å². The van der Waals surface area contributed by atoms with E-state index in [0.29, 0.717) is 6.04 Å². The Balaban J connectivity index is 2.25. The summed E-state index contributed by atoms with van der Waals surface area (Å²) < 4.78 is 13.3. The summed E-state index contributed by atoms with van der Waals surface area (Å²) in [5, 5.41) is 3.28. The minimum Gasteiger partial charge on any atom is -0.369 e. The van der Waals surface area contributed by atoms with Crippen LogP contribution in [0.2, 0.25) is 0 Å². The van der Waals surface area contributed by atoms with Crippen LogP contribution >= 0.6 is 0 Å². The van der Waals surface area contributed by atoms with Crippen LogP contribution < -0.4 is 10.2 Å². The van der Waals surface area contributed by atoms with Crippen molar-refractivity contribution in [1.29, 1.82) is 0 Å². The highest BCUT2D eigenvalue weighted by Gasteiger charge is 2.22. The lowest BCUT2D eigenvalue weighted by atomic mass is 10.1. The van der Waals surface area contributed by atoms with Crippen LogP contribution in [0.4, 0.5) is 10.1 Å². The lowest BCUT2D eigenvalue weighted by Gasteiger charge is -2.26. The molecular formula is C14H21FN2. The highest BCUT2D eigenvalue weighted by Crippen LogP contribution is 2.29. The average molecular weight is 236 g/mol. The molecule has 1 aromatic rings. The van der Waals surface area contributed by atoms with Crippen LogP contribution in [-0.4, -0.2) is 19.1 Å². The zero-order chi connectivity index (χ0) is 12.3. The Kier molecular flexibility index (Phi) is 4.00. The Labute approximate surface area is 103 Å². The molecule has 1 aliphatic heterocycles. The Morgan fingerprint density at radius 1 is 1.47 bits per heavy atom. The molecule has 0 aliphatic carbocycles. The quantitative estimate of drug-likeness (QED) is 0.864. The maximum Gasteiger partial charge on any atom is 0.123 e. The molecular weight excluding hydrogens is 215 g/mol. The smallest absolute Gasteiger partial charge is 0.123 e. The van der Waals surface area contributed by atoms with E-state index in [2.05, 4.69) is 24.1 Å². The van der Waals surface area contributed by atoms with Crippen LogP contribution in [-0.2, 0) is 6.54 Å². The van der Waals surface area contributed by atoms with Crippen molar-refractivity contribution >= 4 is 5.69 Å². The molecule has 1 heterocycles. The number of benzene rings is 1. The van der Waals surface area contributed by atoms with E-state index in [4.69, 9.17) is 0 Å². The number of hydrogen-bond donors (Lipinski definition) is 1. The van der Waals surface area contributed by atoms with Gasteiger partial charge in [0.15, 0.2) is 0 Å². The predicted molar refractivity (Wildman–Crippen MR) is 69.8 cm³/mol. The van der Waals surface area contributed by atoms with E-state index in [0.717, 1.165) is 25.2 Å². The van der Waals surface area contributed by atoms with E-state index in [-0.39, 0.29) is 5.82 Å². The van der Waals surface area contributed by atoms with E-state index in [9.17, 15) is 4.39 Å². The summed E-state index contributed by atoms with van der Waals surface area (Å²) >= 11 is 0. The Morgan fingerprint density at radius 2 is 2.29 bits per heavy atom. The number of hydrogen-bond acceptors (Lipinski definition) is 2. The molecule has 0 bridgehead atoms. The fourth-order valence-corrected chi connectivity index (χ4v) is 2.53. The van der Waals surface area contributed by atoms with Gasteiger partial charge in [0.25, 0.3) is 0 Å². The molecule has 1 fully saturated rings. The molecule has 3 heteroatoms. The minimum atomic E-state index is -0.145. The minimum absolute atomic E-state index is 0.145. The lowest BCUT2D eigenvalue weighted by Crippen LogP contribution is -2.28. The fourth-order valence-electron chi connectivity index (χ4n) is 2.53. The van der Waals surface area contributed by atoms with Gasteiger partial charge in [0.05, 0.1) is 0 Å². The molecule has 0 aromatic heterocycles. The second-order valence-corrected chi connectivity index (χ2v) is 4.74. The summed E-state index contributed by atoms with van der Waals surface area (Å²) in [5.41, 5.74) is 2.26. The normalized spacial score (nSPS) is 19.9. The maximum absolute atomic E-state index is 13.3. The third-order valence-electron chi connectivity index (χ3n) is 3.47. The fraction of sp³-hybridized carbons (Fsp3) is 0.571. The number of rotatable bonds is 4. The molecule has 1 saturated heterocycles. The van der Waals surface area contributed by atoms with E-state index in [1.165, 1.54) is 18.5 Å². The van der Waals surface area contributed by atoms with Gasteiger partial charge in [-0.25, -0.2) is 4.39 Å². The zero-order valence-corrected chi connectivity index (χ0v) is 10.7. The van der Waals surface area contributed by atoms with Gasteiger partial charge in [-0.05, 0) is 50.1 Å². The molecule has 1 atom stereocenters. The first-order valence-corrected chi connectivity index (χ1v) is 6.48. The molecule has 1 aliphatic rings. The topological polar surface area (TPSA) is 15.3 Å².